The van der Waals surface area contributed by atoms with E-state index in [0.717, 1.165) is 0 Å². The molecule has 0 amide bonds. The number of ether oxygens (including phenoxy) is 2. The van der Waals surface area contributed by atoms with E-state index in [9.17, 15) is 20.1 Å². The standard InChI is InChI=1S/C15H20O6/c1-7-3-9-14(5-16,4-8(7)17)13(2)11(19)10(18)12(21-9)15(13)6-20-15/h3,9-12,16,18-19H,4-6H2,1-2H3/t9-,10-,11-,12-,13-,14-,15-/m1/s1. The highest BCUT2D eigenvalue weighted by atomic mass is 16.6. The zero-order valence-electron chi connectivity index (χ0n) is 12.1. The van der Waals surface area contributed by atoms with Crippen LogP contribution in [-0.2, 0) is 14.3 Å². The quantitative estimate of drug-likeness (QED) is 0.546. The van der Waals surface area contributed by atoms with Crippen molar-refractivity contribution >= 4 is 5.78 Å². The molecule has 0 radical (unpaired) electrons. The first-order chi connectivity index (χ1) is 9.84. The molecule has 116 valence electrons. The lowest BCUT2D eigenvalue weighted by Gasteiger charge is -2.57. The number of hydrogen-bond donors (Lipinski definition) is 3. The molecule has 0 aromatic carbocycles. The largest absolute Gasteiger partial charge is 0.396 e. The van der Waals surface area contributed by atoms with Gasteiger partial charge in [0.05, 0.1) is 25.4 Å². The van der Waals surface area contributed by atoms with E-state index in [4.69, 9.17) is 9.47 Å². The lowest BCUT2D eigenvalue weighted by atomic mass is 9.51. The summed E-state index contributed by atoms with van der Waals surface area (Å²) in [6.45, 7) is 3.60. The second-order valence-electron chi connectivity index (χ2n) is 7.06. The minimum Gasteiger partial charge on any atom is -0.396 e. The van der Waals surface area contributed by atoms with Crippen molar-refractivity contribution in [2.45, 2.75) is 50.3 Å². The Bertz CT molecular complexity index is 552. The number of aliphatic hydroxyl groups excluding tert-OH is 3. The normalized spacial score (nSPS) is 58.1. The first-order valence-electron chi connectivity index (χ1n) is 7.32. The summed E-state index contributed by atoms with van der Waals surface area (Å²) in [5.74, 6) is -0.0621. The molecule has 3 N–H and O–H groups in total. The number of Topliss-reactive ketones (excluding diaryl/α,β-unsaturated/α-hetero) is 1. The third kappa shape index (κ3) is 1.22. The lowest BCUT2D eigenvalue weighted by molar-refractivity contribution is -0.224. The molecule has 0 aromatic rings. The number of rotatable bonds is 1. The second kappa shape index (κ2) is 3.75. The zero-order valence-corrected chi connectivity index (χ0v) is 12.1. The molecule has 2 saturated heterocycles. The van der Waals surface area contributed by atoms with Gasteiger partial charge in [-0.1, -0.05) is 6.92 Å². The van der Waals surface area contributed by atoms with E-state index in [2.05, 4.69) is 0 Å². The number of aliphatic hydroxyl groups is 3. The fraction of sp³-hybridized carbons (Fsp3) is 0.800. The van der Waals surface area contributed by atoms with Gasteiger partial charge in [0, 0.05) is 17.3 Å². The van der Waals surface area contributed by atoms with Gasteiger partial charge in [0.2, 0.25) is 0 Å². The van der Waals surface area contributed by atoms with Crippen molar-refractivity contribution in [2.75, 3.05) is 13.2 Å². The molecule has 4 rings (SSSR count). The van der Waals surface area contributed by atoms with Crippen LogP contribution in [0.4, 0.5) is 0 Å². The molecule has 21 heavy (non-hydrogen) atoms. The van der Waals surface area contributed by atoms with Gasteiger partial charge in [0.25, 0.3) is 0 Å². The number of carbonyl (C=O) groups excluding carboxylic acids is 1. The molecule has 1 saturated carbocycles. The van der Waals surface area contributed by atoms with Crippen molar-refractivity contribution in [3.05, 3.63) is 11.6 Å². The molecule has 6 heteroatoms. The van der Waals surface area contributed by atoms with Crippen LogP contribution in [0.3, 0.4) is 0 Å². The molecule has 2 aliphatic heterocycles. The summed E-state index contributed by atoms with van der Waals surface area (Å²) in [7, 11) is 0. The van der Waals surface area contributed by atoms with E-state index in [1.807, 2.05) is 0 Å². The number of carbonyl (C=O) groups is 1. The predicted molar refractivity (Wildman–Crippen MR) is 70.4 cm³/mol. The molecule has 2 heterocycles. The van der Waals surface area contributed by atoms with E-state index in [1.54, 1.807) is 19.9 Å². The first kappa shape index (κ1) is 13.8. The number of fused-ring (bicyclic) bond motifs is 2. The molecular formula is C15H20O6. The van der Waals surface area contributed by atoms with Crippen LogP contribution >= 0.6 is 0 Å². The Balaban J connectivity index is 1.94. The summed E-state index contributed by atoms with van der Waals surface area (Å²) in [4.78, 5) is 12.2. The maximum atomic E-state index is 12.2. The Labute approximate surface area is 122 Å². The van der Waals surface area contributed by atoms with E-state index in [0.29, 0.717) is 12.2 Å². The van der Waals surface area contributed by atoms with Gasteiger partial charge >= 0.3 is 0 Å². The highest BCUT2D eigenvalue weighted by Gasteiger charge is 2.84. The molecule has 0 unspecified atom stereocenters. The van der Waals surface area contributed by atoms with Gasteiger partial charge in [-0.15, -0.1) is 0 Å². The predicted octanol–water partition coefficient (Wildman–Crippen LogP) is -0.838. The highest BCUT2D eigenvalue weighted by molar-refractivity contribution is 5.96. The SMILES string of the molecule is CC1=C[C@H]2O[C@@H]3[C@H](O)[C@@H](O)[C@](C)([C@@]2(CO)CC1=O)[C@@]31CO1. The first-order valence-corrected chi connectivity index (χ1v) is 7.32. The average molecular weight is 296 g/mol. The van der Waals surface area contributed by atoms with Crippen molar-refractivity contribution in [3.63, 3.8) is 0 Å². The van der Waals surface area contributed by atoms with Gasteiger partial charge in [-0.05, 0) is 18.6 Å². The average Bonchev–Trinajstić information content (AvgIpc) is 3.24. The molecule has 7 atom stereocenters. The van der Waals surface area contributed by atoms with E-state index < -0.39 is 40.8 Å². The Morgan fingerprint density at radius 2 is 2.10 bits per heavy atom. The van der Waals surface area contributed by atoms with Crippen molar-refractivity contribution in [3.8, 4) is 0 Å². The van der Waals surface area contributed by atoms with Gasteiger partial charge in [-0.2, -0.15) is 0 Å². The van der Waals surface area contributed by atoms with Crippen molar-refractivity contribution < 1.29 is 29.6 Å². The van der Waals surface area contributed by atoms with Crippen molar-refractivity contribution in [2.24, 2.45) is 10.8 Å². The number of allylic oxidation sites excluding steroid dienone is 1. The molecule has 1 spiro atoms. The minimum atomic E-state index is -1.10. The minimum absolute atomic E-state index is 0.0621. The topological polar surface area (TPSA) is 99.5 Å². The van der Waals surface area contributed by atoms with Crippen molar-refractivity contribution in [1.29, 1.82) is 0 Å². The fourth-order valence-electron chi connectivity index (χ4n) is 4.90. The Morgan fingerprint density at radius 1 is 1.43 bits per heavy atom. The van der Waals surface area contributed by atoms with Gasteiger partial charge in [0.1, 0.15) is 17.8 Å². The molecule has 2 bridgehead atoms. The molecular weight excluding hydrogens is 276 g/mol. The molecule has 3 fully saturated rings. The summed E-state index contributed by atoms with van der Waals surface area (Å²) in [6, 6.07) is 0. The van der Waals surface area contributed by atoms with Crippen LogP contribution in [0.15, 0.2) is 11.6 Å². The molecule has 6 nitrogen and oxygen atoms in total. The molecule has 2 aliphatic carbocycles. The number of ketones is 1. The monoisotopic (exact) mass is 296 g/mol. The maximum Gasteiger partial charge on any atom is 0.159 e. The molecule has 4 aliphatic rings. The van der Waals surface area contributed by atoms with Crippen LogP contribution in [-0.4, -0.2) is 64.3 Å². The summed E-state index contributed by atoms with van der Waals surface area (Å²) < 4.78 is 11.6. The smallest absolute Gasteiger partial charge is 0.159 e. The summed E-state index contributed by atoms with van der Waals surface area (Å²) in [5.41, 5.74) is -2.09. The van der Waals surface area contributed by atoms with Crippen LogP contribution in [0.25, 0.3) is 0 Å². The van der Waals surface area contributed by atoms with Crippen LogP contribution < -0.4 is 0 Å². The van der Waals surface area contributed by atoms with Gasteiger partial charge in [0.15, 0.2) is 5.78 Å². The summed E-state index contributed by atoms with van der Waals surface area (Å²) in [5, 5.41) is 31.1. The third-order valence-electron chi connectivity index (χ3n) is 6.49. The van der Waals surface area contributed by atoms with Crippen LogP contribution in [0.1, 0.15) is 20.3 Å². The third-order valence-corrected chi connectivity index (χ3v) is 6.49. The van der Waals surface area contributed by atoms with Gasteiger partial charge in [-0.25, -0.2) is 0 Å². The Hall–Kier alpha value is -0.790. The van der Waals surface area contributed by atoms with E-state index in [-0.39, 0.29) is 18.8 Å². The lowest BCUT2D eigenvalue weighted by Crippen LogP contribution is -2.67. The van der Waals surface area contributed by atoms with Gasteiger partial charge in [-0.3, -0.25) is 4.79 Å². The van der Waals surface area contributed by atoms with Crippen molar-refractivity contribution in [1.82, 2.24) is 0 Å². The fourth-order valence-corrected chi connectivity index (χ4v) is 4.90. The van der Waals surface area contributed by atoms with Crippen LogP contribution in [0.5, 0.6) is 0 Å². The maximum absolute atomic E-state index is 12.2. The molecule has 0 aromatic heterocycles. The van der Waals surface area contributed by atoms with E-state index >= 15 is 0 Å². The summed E-state index contributed by atoms with van der Waals surface area (Å²) in [6.07, 6.45) is -1.49. The van der Waals surface area contributed by atoms with Gasteiger partial charge < -0.3 is 24.8 Å². The highest BCUT2D eigenvalue weighted by Crippen LogP contribution is 2.70. The van der Waals surface area contributed by atoms with E-state index in [1.165, 1.54) is 0 Å². The number of epoxide rings is 1. The number of hydrogen-bond acceptors (Lipinski definition) is 6. The Morgan fingerprint density at radius 3 is 2.67 bits per heavy atom. The Kier molecular flexibility index (Phi) is 2.47. The zero-order chi connectivity index (χ0) is 15.2. The second-order valence-corrected chi connectivity index (χ2v) is 7.06. The summed E-state index contributed by atoms with van der Waals surface area (Å²) >= 11 is 0. The van der Waals surface area contributed by atoms with Crippen LogP contribution in [0, 0.1) is 10.8 Å². The van der Waals surface area contributed by atoms with Crippen LogP contribution in [0.2, 0.25) is 0 Å².